The zero-order valence-electron chi connectivity index (χ0n) is 11.0. The minimum Gasteiger partial charge on any atom is -0.479 e. The SMILES string of the molecule is CC1CCN(C(=O)C2CCC(C(=O)O)O2)CC1C. The van der Waals surface area contributed by atoms with E-state index >= 15 is 0 Å². The summed E-state index contributed by atoms with van der Waals surface area (Å²) in [5.41, 5.74) is 0. The molecule has 2 fully saturated rings. The number of likely N-dealkylation sites (tertiary alicyclic amines) is 1. The topological polar surface area (TPSA) is 66.8 Å². The summed E-state index contributed by atoms with van der Waals surface area (Å²) in [5, 5.41) is 8.85. The van der Waals surface area contributed by atoms with E-state index in [1.807, 2.05) is 4.90 Å². The minimum atomic E-state index is -0.967. The van der Waals surface area contributed by atoms with Crippen molar-refractivity contribution in [1.29, 1.82) is 0 Å². The van der Waals surface area contributed by atoms with Crippen LogP contribution in [0.25, 0.3) is 0 Å². The molecule has 0 aromatic rings. The van der Waals surface area contributed by atoms with Crippen LogP contribution in [0, 0.1) is 11.8 Å². The van der Waals surface area contributed by atoms with E-state index in [2.05, 4.69) is 13.8 Å². The van der Waals surface area contributed by atoms with E-state index in [4.69, 9.17) is 9.84 Å². The Labute approximate surface area is 107 Å². The number of amides is 1. The lowest BCUT2D eigenvalue weighted by Gasteiger charge is -2.36. The average Bonchev–Trinajstić information content (AvgIpc) is 2.81. The highest BCUT2D eigenvalue weighted by Gasteiger charge is 2.38. The summed E-state index contributed by atoms with van der Waals surface area (Å²) >= 11 is 0. The smallest absolute Gasteiger partial charge is 0.332 e. The van der Waals surface area contributed by atoms with Gasteiger partial charge >= 0.3 is 5.97 Å². The molecule has 0 radical (unpaired) electrons. The number of nitrogens with zero attached hydrogens (tertiary/aromatic N) is 1. The lowest BCUT2D eigenvalue weighted by Crippen LogP contribution is -2.46. The van der Waals surface area contributed by atoms with Crippen molar-refractivity contribution in [3.63, 3.8) is 0 Å². The summed E-state index contributed by atoms with van der Waals surface area (Å²) in [6.07, 6.45) is 0.621. The molecule has 0 spiro atoms. The van der Waals surface area contributed by atoms with Gasteiger partial charge in [-0.15, -0.1) is 0 Å². The Balaban J connectivity index is 1.90. The molecule has 2 heterocycles. The number of ether oxygens (including phenoxy) is 1. The quantitative estimate of drug-likeness (QED) is 0.803. The van der Waals surface area contributed by atoms with Crippen molar-refractivity contribution in [1.82, 2.24) is 4.90 Å². The van der Waals surface area contributed by atoms with E-state index in [9.17, 15) is 9.59 Å². The van der Waals surface area contributed by atoms with Crippen molar-refractivity contribution in [2.24, 2.45) is 11.8 Å². The molecule has 102 valence electrons. The molecule has 0 bridgehead atoms. The summed E-state index contributed by atoms with van der Waals surface area (Å²) < 4.78 is 5.31. The second kappa shape index (κ2) is 5.26. The first-order valence-corrected chi connectivity index (χ1v) is 6.66. The second-order valence-corrected chi connectivity index (χ2v) is 5.56. The number of aliphatic carboxylic acids is 1. The summed E-state index contributed by atoms with van der Waals surface area (Å²) in [7, 11) is 0. The zero-order valence-corrected chi connectivity index (χ0v) is 11.0. The molecule has 0 aliphatic carbocycles. The predicted octanol–water partition coefficient (Wildman–Crippen LogP) is 1.12. The van der Waals surface area contributed by atoms with E-state index in [0.29, 0.717) is 24.7 Å². The first-order chi connectivity index (χ1) is 8.49. The Kier molecular flexibility index (Phi) is 3.90. The Morgan fingerprint density at radius 2 is 1.78 bits per heavy atom. The minimum absolute atomic E-state index is 0.0301. The van der Waals surface area contributed by atoms with Gasteiger partial charge in [-0.05, 0) is 31.1 Å². The van der Waals surface area contributed by atoms with Gasteiger partial charge in [0.25, 0.3) is 5.91 Å². The van der Waals surface area contributed by atoms with Crippen LogP contribution < -0.4 is 0 Å². The number of rotatable bonds is 2. The molecule has 0 aromatic heterocycles. The van der Waals surface area contributed by atoms with Gasteiger partial charge in [-0.3, -0.25) is 4.79 Å². The van der Waals surface area contributed by atoms with Crippen LogP contribution in [-0.4, -0.2) is 47.2 Å². The summed E-state index contributed by atoms with van der Waals surface area (Å²) in [4.78, 5) is 24.9. The van der Waals surface area contributed by atoms with Crippen molar-refractivity contribution < 1.29 is 19.4 Å². The lowest BCUT2D eigenvalue weighted by atomic mass is 9.88. The summed E-state index contributed by atoms with van der Waals surface area (Å²) in [6.45, 7) is 5.89. The van der Waals surface area contributed by atoms with Crippen molar-refractivity contribution in [3.8, 4) is 0 Å². The van der Waals surface area contributed by atoms with E-state index in [-0.39, 0.29) is 5.91 Å². The van der Waals surface area contributed by atoms with Crippen LogP contribution in [0.5, 0.6) is 0 Å². The molecule has 5 heteroatoms. The third-order valence-electron chi connectivity index (χ3n) is 4.22. The van der Waals surface area contributed by atoms with E-state index in [1.165, 1.54) is 0 Å². The Morgan fingerprint density at radius 3 is 2.33 bits per heavy atom. The maximum atomic E-state index is 12.2. The molecule has 1 N–H and O–H groups in total. The van der Waals surface area contributed by atoms with Crippen LogP contribution in [0.15, 0.2) is 0 Å². The standard InChI is InChI=1S/C13H21NO4/c1-8-5-6-14(7-9(8)2)12(15)10-3-4-11(18-10)13(16)17/h8-11H,3-7H2,1-2H3,(H,16,17). The van der Waals surface area contributed by atoms with Crippen molar-refractivity contribution >= 4 is 11.9 Å². The summed E-state index contributed by atoms with van der Waals surface area (Å²) in [5.74, 6) is 0.146. The number of piperidine rings is 1. The normalized spacial score (nSPS) is 36.7. The number of hydrogen-bond acceptors (Lipinski definition) is 3. The van der Waals surface area contributed by atoms with Crippen LogP contribution in [-0.2, 0) is 14.3 Å². The van der Waals surface area contributed by atoms with E-state index in [0.717, 1.165) is 19.5 Å². The van der Waals surface area contributed by atoms with Crippen LogP contribution in [0.3, 0.4) is 0 Å². The van der Waals surface area contributed by atoms with Crippen molar-refractivity contribution in [3.05, 3.63) is 0 Å². The van der Waals surface area contributed by atoms with Gasteiger partial charge in [0.15, 0.2) is 6.10 Å². The molecule has 0 aromatic carbocycles. The van der Waals surface area contributed by atoms with Crippen LogP contribution in [0.2, 0.25) is 0 Å². The maximum absolute atomic E-state index is 12.2. The van der Waals surface area contributed by atoms with Gasteiger partial charge in [0.05, 0.1) is 0 Å². The molecule has 0 saturated carbocycles. The fourth-order valence-corrected chi connectivity index (χ4v) is 2.67. The number of carbonyl (C=O) groups excluding carboxylic acids is 1. The molecule has 4 atom stereocenters. The van der Waals surface area contributed by atoms with Gasteiger partial charge < -0.3 is 14.7 Å². The number of carboxylic acids is 1. The molecule has 18 heavy (non-hydrogen) atoms. The highest BCUT2D eigenvalue weighted by molar-refractivity contribution is 5.82. The van der Waals surface area contributed by atoms with E-state index in [1.54, 1.807) is 0 Å². The first-order valence-electron chi connectivity index (χ1n) is 6.66. The largest absolute Gasteiger partial charge is 0.479 e. The Bertz CT molecular complexity index is 344. The van der Waals surface area contributed by atoms with Gasteiger partial charge in [0.1, 0.15) is 6.10 Å². The number of carbonyl (C=O) groups is 2. The van der Waals surface area contributed by atoms with Gasteiger partial charge in [-0.25, -0.2) is 4.79 Å². The van der Waals surface area contributed by atoms with Crippen LogP contribution in [0.4, 0.5) is 0 Å². The van der Waals surface area contributed by atoms with E-state index < -0.39 is 18.2 Å². The highest BCUT2D eigenvalue weighted by Crippen LogP contribution is 2.26. The third kappa shape index (κ3) is 2.66. The van der Waals surface area contributed by atoms with Crippen molar-refractivity contribution in [2.45, 2.75) is 45.3 Å². The monoisotopic (exact) mass is 255 g/mol. The third-order valence-corrected chi connectivity index (χ3v) is 4.22. The first kappa shape index (κ1) is 13.3. The number of carboxylic acid groups (broad SMARTS) is 1. The lowest BCUT2D eigenvalue weighted by molar-refractivity contribution is -0.155. The zero-order chi connectivity index (χ0) is 13.3. The molecular formula is C13H21NO4. The van der Waals surface area contributed by atoms with Crippen molar-refractivity contribution in [2.75, 3.05) is 13.1 Å². The molecule has 5 nitrogen and oxygen atoms in total. The summed E-state index contributed by atoms with van der Waals surface area (Å²) in [6, 6.07) is 0. The molecular weight excluding hydrogens is 234 g/mol. The second-order valence-electron chi connectivity index (χ2n) is 5.56. The Hall–Kier alpha value is -1.10. The van der Waals surface area contributed by atoms with Crippen LogP contribution in [0.1, 0.15) is 33.1 Å². The number of hydrogen-bond donors (Lipinski definition) is 1. The molecule has 4 unspecified atom stereocenters. The molecule has 2 aliphatic rings. The van der Waals surface area contributed by atoms with Gasteiger partial charge in [-0.2, -0.15) is 0 Å². The molecule has 2 saturated heterocycles. The Morgan fingerprint density at radius 1 is 1.11 bits per heavy atom. The predicted molar refractivity (Wildman–Crippen MR) is 65.1 cm³/mol. The van der Waals surface area contributed by atoms with Gasteiger partial charge in [0, 0.05) is 13.1 Å². The van der Waals surface area contributed by atoms with Gasteiger partial charge in [-0.1, -0.05) is 13.8 Å². The fourth-order valence-electron chi connectivity index (χ4n) is 2.67. The molecule has 2 rings (SSSR count). The molecule has 2 aliphatic heterocycles. The van der Waals surface area contributed by atoms with Crippen LogP contribution >= 0.6 is 0 Å². The average molecular weight is 255 g/mol. The highest BCUT2D eigenvalue weighted by atomic mass is 16.5. The maximum Gasteiger partial charge on any atom is 0.332 e. The van der Waals surface area contributed by atoms with Gasteiger partial charge in [0.2, 0.25) is 0 Å². The fraction of sp³-hybridized carbons (Fsp3) is 0.846. The molecule has 1 amide bonds.